The highest BCUT2D eigenvalue weighted by molar-refractivity contribution is 5.98. The molecule has 0 heterocycles. The maximum Gasteiger partial charge on any atom is 0.416 e. The number of alkyl halides is 3. The minimum Gasteiger partial charge on any atom is -0.481 e. The van der Waals surface area contributed by atoms with Gasteiger partial charge in [0, 0.05) is 5.69 Å². The second-order valence-corrected chi connectivity index (χ2v) is 4.35. The zero-order chi connectivity index (χ0) is 14.2. The molecule has 1 aromatic carbocycles. The number of carbonyl (C=O) groups is 2. The molecule has 2 unspecified atom stereocenters. The average Bonchev–Trinajstić information content (AvgIpc) is 3.08. The number of aliphatic carboxylic acids is 1. The number of anilines is 1. The molecule has 1 fully saturated rings. The van der Waals surface area contributed by atoms with Crippen LogP contribution in [0.5, 0.6) is 0 Å². The minimum absolute atomic E-state index is 0.0101. The van der Waals surface area contributed by atoms with Crippen LogP contribution in [0.25, 0.3) is 0 Å². The van der Waals surface area contributed by atoms with Crippen LogP contribution < -0.4 is 5.32 Å². The van der Waals surface area contributed by atoms with Crippen LogP contribution in [0.3, 0.4) is 0 Å². The lowest BCUT2D eigenvalue weighted by atomic mass is 10.2. The van der Waals surface area contributed by atoms with Gasteiger partial charge < -0.3 is 10.4 Å². The van der Waals surface area contributed by atoms with E-state index in [0.717, 1.165) is 12.1 Å². The molecule has 4 nitrogen and oxygen atoms in total. The third-order valence-corrected chi connectivity index (χ3v) is 2.90. The summed E-state index contributed by atoms with van der Waals surface area (Å²) in [4.78, 5) is 22.2. The zero-order valence-electron chi connectivity index (χ0n) is 9.57. The van der Waals surface area contributed by atoms with Crippen molar-refractivity contribution in [2.24, 2.45) is 11.8 Å². The molecule has 2 rings (SSSR count). The number of nitrogens with one attached hydrogen (secondary N) is 1. The Morgan fingerprint density at radius 2 is 1.95 bits per heavy atom. The van der Waals surface area contributed by atoms with E-state index in [2.05, 4.69) is 5.32 Å². The fourth-order valence-electron chi connectivity index (χ4n) is 1.77. The van der Waals surface area contributed by atoms with Crippen LogP contribution in [0.15, 0.2) is 24.3 Å². The predicted octanol–water partition coefficient (Wildman–Crippen LogP) is 2.36. The smallest absolute Gasteiger partial charge is 0.416 e. The fraction of sp³-hybridized carbons (Fsp3) is 0.333. The second-order valence-electron chi connectivity index (χ2n) is 4.35. The number of amides is 1. The Hall–Kier alpha value is -2.05. The van der Waals surface area contributed by atoms with Crippen LogP contribution in [0, 0.1) is 11.8 Å². The van der Waals surface area contributed by atoms with Crippen molar-refractivity contribution < 1.29 is 27.9 Å². The summed E-state index contributed by atoms with van der Waals surface area (Å²) in [6, 6.07) is 4.22. The topological polar surface area (TPSA) is 66.4 Å². The predicted molar refractivity (Wildman–Crippen MR) is 59.3 cm³/mol. The molecule has 0 saturated heterocycles. The van der Waals surface area contributed by atoms with Gasteiger partial charge in [0.25, 0.3) is 0 Å². The highest BCUT2D eigenvalue weighted by atomic mass is 19.4. The summed E-state index contributed by atoms with van der Waals surface area (Å²) >= 11 is 0. The maximum absolute atomic E-state index is 12.5. The summed E-state index contributed by atoms with van der Waals surface area (Å²) in [5.74, 6) is -3.02. The molecule has 2 atom stereocenters. The molecule has 0 aromatic heterocycles. The standard InChI is InChI=1S/C12H10F3NO3/c13-12(14,15)6-2-1-3-7(4-6)16-10(17)8-5-9(8)11(18)19/h1-4,8-9H,5H2,(H,16,17)(H,18,19). The first-order valence-electron chi connectivity index (χ1n) is 5.50. The minimum atomic E-state index is -4.48. The Kier molecular flexibility index (Phi) is 3.21. The summed E-state index contributed by atoms with van der Waals surface area (Å²) in [6.07, 6.45) is -4.26. The number of carboxylic acids is 1. The van der Waals surface area contributed by atoms with Gasteiger partial charge in [-0.25, -0.2) is 0 Å². The first-order valence-corrected chi connectivity index (χ1v) is 5.50. The van der Waals surface area contributed by atoms with E-state index in [1.54, 1.807) is 0 Å². The van der Waals surface area contributed by atoms with E-state index in [0.29, 0.717) is 0 Å². The summed E-state index contributed by atoms with van der Waals surface area (Å²) in [5, 5.41) is 11.0. The highest BCUT2D eigenvalue weighted by Gasteiger charge is 2.48. The van der Waals surface area contributed by atoms with Gasteiger partial charge in [0.05, 0.1) is 17.4 Å². The van der Waals surface area contributed by atoms with Crippen molar-refractivity contribution in [2.45, 2.75) is 12.6 Å². The molecule has 0 spiro atoms. The van der Waals surface area contributed by atoms with E-state index in [-0.39, 0.29) is 12.1 Å². The van der Waals surface area contributed by atoms with Gasteiger partial charge in [-0.3, -0.25) is 9.59 Å². The number of carbonyl (C=O) groups excluding carboxylic acids is 1. The van der Waals surface area contributed by atoms with Gasteiger partial charge in [0.1, 0.15) is 0 Å². The lowest BCUT2D eigenvalue weighted by Gasteiger charge is -2.09. The van der Waals surface area contributed by atoms with Crippen LogP contribution in [0.1, 0.15) is 12.0 Å². The maximum atomic E-state index is 12.5. The molecule has 0 aliphatic heterocycles. The van der Waals surface area contributed by atoms with Crippen LogP contribution >= 0.6 is 0 Å². The fourth-order valence-corrected chi connectivity index (χ4v) is 1.77. The Morgan fingerprint density at radius 3 is 2.47 bits per heavy atom. The summed E-state index contributed by atoms with van der Waals surface area (Å²) in [6.45, 7) is 0. The zero-order valence-corrected chi connectivity index (χ0v) is 9.57. The molecule has 7 heteroatoms. The van der Waals surface area contributed by atoms with Gasteiger partial charge in [0.2, 0.25) is 5.91 Å². The highest BCUT2D eigenvalue weighted by Crippen LogP contribution is 2.39. The summed E-state index contributed by atoms with van der Waals surface area (Å²) < 4.78 is 37.4. The summed E-state index contributed by atoms with van der Waals surface area (Å²) in [5.41, 5.74) is -0.855. The molecule has 1 amide bonds. The number of benzene rings is 1. The van der Waals surface area contributed by atoms with Gasteiger partial charge >= 0.3 is 12.1 Å². The molecule has 1 aliphatic carbocycles. The third-order valence-electron chi connectivity index (χ3n) is 2.90. The largest absolute Gasteiger partial charge is 0.481 e. The van der Waals surface area contributed by atoms with E-state index in [1.165, 1.54) is 12.1 Å². The lowest BCUT2D eigenvalue weighted by molar-refractivity contribution is -0.139. The first-order chi connectivity index (χ1) is 8.79. The second kappa shape index (κ2) is 4.56. The number of halogens is 3. The average molecular weight is 273 g/mol. The van der Waals surface area contributed by atoms with E-state index in [9.17, 15) is 22.8 Å². The number of carboxylic acid groups (broad SMARTS) is 1. The molecule has 1 aromatic rings. The molecule has 102 valence electrons. The molecule has 1 saturated carbocycles. The van der Waals surface area contributed by atoms with Crippen LogP contribution in [0.4, 0.5) is 18.9 Å². The SMILES string of the molecule is O=C(O)C1CC1C(=O)Nc1cccc(C(F)(F)F)c1. The molecule has 0 radical (unpaired) electrons. The Labute approximate surface area is 106 Å². The number of rotatable bonds is 3. The van der Waals surface area contributed by atoms with Crippen molar-refractivity contribution in [1.29, 1.82) is 0 Å². The quantitative estimate of drug-likeness (QED) is 0.888. The van der Waals surface area contributed by atoms with Crippen molar-refractivity contribution in [2.75, 3.05) is 5.32 Å². The van der Waals surface area contributed by atoms with Crippen molar-refractivity contribution >= 4 is 17.6 Å². The summed E-state index contributed by atoms with van der Waals surface area (Å²) in [7, 11) is 0. The molecule has 1 aliphatic rings. The Bertz CT molecular complexity index is 527. The molecular formula is C12H10F3NO3. The normalized spacial score (nSPS) is 21.8. The van der Waals surface area contributed by atoms with Crippen LogP contribution in [-0.2, 0) is 15.8 Å². The Balaban J connectivity index is 2.04. The molecule has 2 N–H and O–H groups in total. The van der Waals surface area contributed by atoms with Gasteiger partial charge in [-0.2, -0.15) is 13.2 Å². The molecular weight excluding hydrogens is 263 g/mol. The first kappa shape index (κ1) is 13.4. The van der Waals surface area contributed by atoms with E-state index >= 15 is 0 Å². The van der Waals surface area contributed by atoms with Crippen molar-refractivity contribution in [3.05, 3.63) is 29.8 Å². The van der Waals surface area contributed by atoms with Gasteiger partial charge in [0.15, 0.2) is 0 Å². The number of hydrogen-bond donors (Lipinski definition) is 2. The Morgan fingerprint density at radius 1 is 1.26 bits per heavy atom. The van der Waals surface area contributed by atoms with Crippen LogP contribution in [0.2, 0.25) is 0 Å². The monoisotopic (exact) mass is 273 g/mol. The van der Waals surface area contributed by atoms with E-state index in [1.807, 2.05) is 0 Å². The van der Waals surface area contributed by atoms with E-state index < -0.39 is 35.5 Å². The third kappa shape index (κ3) is 3.04. The lowest BCUT2D eigenvalue weighted by Crippen LogP contribution is -2.17. The van der Waals surface area contributed by atoms with Crippen LogP contribution in [-0.4, -0.2) is 17.0 Å². The van der Waals surface area contributed by atoms with Crippen molar-refractivity contribution in [1.82, 2.24) is 0 Å². The molecule has 0 bridgehead atoms. The van der Waals surface area contributed by atoms with Crippen molar-refractivity contribution in [3.8, 4) is 0 Å². The number of hydrogen-bond acceptors (Lipinski definition) is 2. The van der Waals surface area contributed by atoms with E-state index in [4.69, 9.17) is 5.11 Å². The van der Waals surface area contributed by atoms with Crippen molar-refractivity contribution in [3.63, 3.8) is 0 Å². The van der Waals surface area contributed by atoms with Gasteiger partial charge in [-0.15, -0.1) is 0 Å². The molecule has 19 heavy (non-hydrogen) atoms. The van der Waals surface area contributed by atoms with Gasteiger partial charge in [-0.05, 0) is 24.6 Å². The van der Waals surface area contributed by atoms with Gasteiger partial charge in [-0.1, -0.05) is 6.07 Å².